The Bertz CT molecular complexity index is 779. The summed E-state index contributed by atoms with van der Waals surface area (Å²) < 4.78 is 10.6. The summed E-state index contributed by atoms with van der Waals surface area (Å²) >= 11 is 0. The molecule has 0 radical (unpaired) electrons. The van der Waals surface area contributed by atoms with Gasteiger partial charge in [-0.15, -0.1) is 0 Å². The highest BCUT2D eigenvalue weighted by Gasteiger charge is 2.20. The molecule has 5 nitrogen and oxygen atoms in total. The molecule has 156 valence electrons. The minimum Gasteiger partial charge on any atom is -0.497 e. The molecule has 1 saturated heterocycles. The lowest BCUT2D eigenvalue weighted by atomic mass is 9.93. The topological polar surface area (TPSA) is 50.8 Å². The van der Waals surface area contributed by atoms with Crippen LogP contribution in [0, 0.1) is 5.92 Å². The zero-order valence-electron chi connectivity index (χ0n) is 17.5. The number of hydrogen-bond donors (Lipinski definition) is 1. The van der Waals surface area contributed by atoms with Crippen LogP contribution in [-0.4, -0.2) is 38.1 Å². The molecule has 0 unspecified atom stereocenters. The zero-order valence-corrected chi connectivity index (χ0v) is 17.5. The summed E-state index contributed by atoms with van der Waals surface area (Å²) in [7, 11) is 3.26. The number of rotatable bonds is 9. The van der Waals surface area contributed by atoms with Crippen molar-refractivity contribution in [2.24, 2.45) is 5.92 Å². The molecule has 1 heterocycles. The minimum atomic E-state index is 0.100. The van der Waals surface area contributed by atoms with Crippen molar-refractivity contribution in [3.05, 3.63) is 59.7 Å². The Balaban J connectivity index is 1.42. The maximum absolute atomic E-state index is 12.4. The maximum Gasteiger partial charge on any atom is 0.220 e. The van der Waals surface area contributed by atoms with Crippen molar-refractivity contribution < 1.29 is 14.3 Å². The van der Waals surface area contributed by atoms with Crippen LogP contribution < -0.4 is 14.8 Å². The number of carbonyl (C=O) groups excluding carboxylic acids is 1. The van der Waals surface area contributed by atoms with Gasteiger partial charge in [-0.2, -0.15) is 0 Å². The van der Waals surface area contributed by atoms with Gasteiger partial charge < -0.3 is 14.8 Å². The van der Waals surface area contributed by atoms with Crippen molar-refractivity contribution >= 4 is 5.91 Å². The average molecular weight is 397 g/mol. The summed E-state index contributed by atoms with van der Waals surface area (Å²) in [5.41, 5.74) is 2.31. The highest BCUT2D eigenvalue weighted by Crippen LogP contribution is 2.25. The van der Waals surface area contributed by atoms with Crippen LogP contribution in [0.1, 0.15) is 36.8 Å². The van der Waals surface area contributed by atoms with Crippen LogP contribution in [0.15, 0.2) is 48.5 Å². The van der Waals surface area contributed by atoms with Crippen molar-refractivity contribution in [2.75, 3.05) is 27.3 Å². The van der Waals surface area contributed by atoms with Crippen LogP contribution in [0.25, 0.3) is 0 Å². The molecule has 1 fully saturated rings. The summed E-state index contributed by atoms with van der Waals surface area (Å²) in [6.07, 6.45) is 3.94. The molecule has 2 aromatic rings. The summed E-state index contributed by atoms with van der Waals surface area (Å²) in [5, 5.41) is 3.03. The summed E-state index contributed by atoms with van der Waals surface area (Å²) in [6, 6.07) is 16.3. The number of hydrogen-bond acceptors (Lipinski definition) is 4. The van der Waals surface area contributed by atoms with Crippen molar-refractivity contribution in [1.82, 2.24) is 10.2 Å². The molecule has 3 rings (SSSR count). The molecule has 0 aliphatic carbocycles. The van der Waals surface area contributed by atoms with Crippen LogP contribution in [-0.2, 0) is 17.9 Å². The normalized spacial score (nSPS) is 17.0. The molecular formula is C24H32N2O3. The Morgan fingerprint density at radius 1 is 1.14 bits per heavy atom. The van der Waals surface area contributed by atoms with Crippen molar-refractivity contribution in [2.45, 2.75) is 38.8 Å². The first kappa shape index (κ1) is 21.2. The third kappa shape index (κ3) is 6.50. The van der Waals surface area contributed by atoms with E-state index in [-0.39, 0.29) is 5.91 Å². The highest BCUT2D eigenvalue weighted by molar-refractivity contribution is 5.75. The SMILES string of the molecule is COc1ccc(CNC(=O)CC[C@H]2CCCN(Cc3ccccc3)C2)c(OC)c1. The van der Waals surface area contributed by atoms with Gasteiger partial charge in [0.15, 0.2) is 0 Å². The molecule has 29 heavy (non-hydrogen) atoms. The number of amides is 1. The first-order chi connectivity index (χ1) is 14.2. The van der Waals surface area contributed by atoms with Crippen molar-refractivity contribution in [3.63, 3.8) is 0 Å². The first-order valence-corrected chi connectivity index (χ1v) is 10.4. The van der Waals surface area contributed by atoms with Gasteiger partial charge in [-0.3, -0.25) is 9.69 Å². The monoisotopic (exact) mass is 396 g/mol. The number of nitrogens with zero attached hydrogens (tertiary/aromatic N) is 1. The lowest BCUT2D eigenvalue weighted by Crippen LogP contribution is -2.35. The van der Waals surface area contributed by atoms with Crippen molar-refractivity contribution in [1.29, 1.82) is 0 Å². The second kappa shape index (κ2) is 10.9. The predicted octanol–water partition coefficient (Wildman–Crippen LogP) is 4.01. The molecule has 1 amide bonds. The van der Waals surface area contributed by atoms with E-state index in [1.165, 1.54) is 18.4 Å². The van der Waals surface area contributed by atoms with Gasteiger partial charge in [0.25, 0.3) is 0 Å². The molecule has 0 saturated carbocycles. The molecule has 0 bridgehead atoms. The largest absolute Gasteiger partial charge is 0.497 e. The fraction of sp³-hybridized carbons (Fsp3) is 0.458. The first-order valence-electron chi connectivity index (χ1n) is 10.4. The summed E-state index contributed by atoms with van der Waals surface area (Å²) in [6.45, 7) is 3.70. The predicted molar refractivity (Wildman–Crippen MR) is 115 cm³/mol. The average Bonchev–Trinajstić information content (AvgIpc) is 2.77. The number of piperidine rings is 1. The molecule has 0 aromatic heterocycles. The van der Waals surface area contributed by atoms with Crippen LogP contribution in [0.2, 0.25) is 0 Å². The van der Waals surface area contributed by atoms with Crippen molar-refractivity contribution in [3.8, 4) is 11.5 Å². The van der Waals surface area contributed by atoms with Gasteiger partial charge in [-0.05, 0) is 49.4 Å². The van der Waals surface area contributed by atoms with Crippen LogP contribution >= 0.6 is 0 Å². The van der Waals surface area contributed by atoms with E-state index in [0.29, 0.717) is 18.9 Å². The second-order valence-corrected chi connectivity index (χ2v) is 7.72. The third-order valence-electron chi connectivity index (χ3n) is 5.60. The Kier molecular flexibility index (Phi) is 7.94. The molecular weight excluding hydrogens is 364 g/mol. The van der Waals surface area contributed by atoms with Gasteiger partial charge in [0.1, 0.15) is 11.5 Å². The van der Waals surface area contributed by atoms with Gasteiger partial charge in [-0.1, -0.05) is 30.3 Å². The van der Waals surface area contributed by atoms with Gasteiger partial charge in [0.2, 0.25) is 5.91 Å². The molecule has 1 aliphatic heterocycles. The van der Waals surface area contributed by atoms with E-state index in [1.807, 2.05) is 18.2 Å². The minimum absolute atomic E-state index is 0.100. The van der Waals surface area contributed by atoms with E-state index in [9.17, 15) is 4.79 Å². The molecule has 1 aliphatic rings. The van der Waals surface area contributed by atoms with Gasteiger partial charge in [-0.25, -0.2) is 0 Å². The van der Waals surface area contributed by atoms with E-state index < -0.39 is 0 Å². The van der Waals surface area contributed by atoms with E-state index in [4.69, 9.17) is 9.47 Å². The van der Waals surface area contributed by atoms with Crippen LogP contribution in [0.3, 0.4) is 0 Å². The number of nitrogens with one attached hydrogen (secondary N) is 1. The molecule has 0 spiro atoms. The number of methoxy groups -OCH3 is 2. The maximum atomic E-state index is 12.4. The molecule has 1 atom stereocenters. The van der Waals surface area contributed by atoms with Gasteiger partial charge in [0, 0.05) is 37.7 Å². The molecule has 2 aromatic carbocycles. The highest BCUT2D eigenvalue weighted by atomic mass is 16.5. The number of benzene rings is 2. The lowest BCUT2D eigenvalue weighted by molar-refractivity contribution is -0.121. The van der Waals surface area contributed by atoms with Gasteiger partial charge >= 0.3 is 0 Å². The molecule has 1 N–H and O–H groups in total. The fourth-order valence-corrected chi connectivity index (χ4v) is 3.99. The van der Waals surface area contributed by atoms with E-state index >= 15 is 0 Å². The van der Waals surface area contributed by atoms with E-state index in [1.54, 1.807) is 14.2 Å². The lowest BCUT2D eigenvalue weighted by Gasteiger charge is -2.32. The number of carbonyl (C=O) groups is 1. The summed E-state index contributed by atoms with van der Waals surface area (Å²) in [5.74, 6) is 2.17. The van der Waals surface area contributed by atoms with E-state index in [2.05, 4.69) is 40.5 Å². The third-order valence-corrected chi connectivity index (χ3v) is 5.60. The van der Waals surface area contributed by atoms with Gasteiger partial charge in [0.05, 0.1) is 14.2 Å². The Labute approximate surface area is 174 Å². The quantitative estimate of drug-likeness (QED) is 0.696. The Morgan fingerprint density at radius 2 is 1.97 bits per heavy atom. The zero-order chi connectivity index (χ0) is 20.5. The fourth-order valence-electron chi connectivity index (χ4n) is 3.99. The number of ether oxygens (including phenoxy) is 2. The van der Waals surface area contributed by atoms with E-state index in [0.717, 1.165) is 43.1 Å². The van der Waals surface area contributed by atoms with Crippen LogP contribution in [0.5, 0.6) is 11.5 Å². The second-order valence-electron chi connectivity index (χ2n) is 7.72. The number of likely N-dealkylation sites (tertiary alicyclic amines) is 1. The Hall–Kier alpha value is -2.53. The van der Waals surface area contributed by atoms with Crippen LogP contribution in [0.4, 0.5) is 0 Å². The Morgan fingerprint density at radius 3 is 2.72 bits per heavy atom. The summed E-state index contributed by atoms with van der Waals surface area (Å²) in [4.78, 5) is 14.9. The standard InChI is InChI=1S/C24H32N2O3/c1-28-22-12-11-21(23(15-22)29-2)16-25-24(27)13-10-20-9-6-14-26(18-20)17-19-7-4-3-5-8-19/h3-5,7-8,11-12,15,20H,6,9-10,13-14,16-18H2,1-2H3,(H,25,27)/t20-/m1/s1. The smallest absolute Gasteiger partial charge is 0.220 e. The molecule has 5 heteroatoms.